The predicted octanol–water partition coefficient (Wildman–Crippen LogP) is -0.458. The molecule has 12 heavy (non-hydrogen) atoms. The van der Waals surface area contributed by atoms with Crippen molar-refractivity contribution in [2.24, 2.45) is 5.10 Å². The number of rotatable bonds is 1. The van der Waals surface area contributed by atoms with Crippen LogP contribution in [0.2, 0.25) is 0 Å². The highest BCUT2D eigenvalue weighted by molar-refractivity contribution is 6.28. The Bertz CT molecular complexity index is 292. The van der Waals surface area contributed by atoms with Gasteiger partial charge in [0.2, 0.25) is 0 Å². The van der Waals surface area contributed by atoms with E-state index in [1.165, 1.54) is 0 Å². The molecule has 5 nitrogen and oxygen atoms in total. The molecule has 64 valence electrons. The zero-order valence-corrected chi connectivity index (χ0v) is 6.96. The summed E-state index contributed by atoms with van der Waals surface area (Å²) < 4.78 is 0. The molecule has 5 heteroatoms. The van der Waals surface area contributed by atoms with Crippen LogP contribution >= 0.6 is 0 Å². The van der Waals surface area contributed by atoms with Gasteiger partial charge in [-0.15, -0.1) is 0 Å². The second-order valence-electron chi connectivity index (χ2n) is 2.84. The van der Waals surface area contributed by atoms with Gasteiger partial charge in [-0.3, -0.25) is 15.1 Å². The third-order valence-electron chi connectivity index (χ3n) is 2.17. The summed E-state index contributed by atoms with van der Waals surface area (Å²) in [4.78, 5) is 12.4. The van der Waals surface area contributed by atoms with E-state index in [-0.39, 0.29) is 6.29 Å². The number of aldehydes is 1. The van der Waals surface area contributed by atoms with Gasteiger partial charge in [-0.25, -0.2) is 0 Å². The minimum Gasteiger partial charge on any atom is -0.349 e. The van der Waals surface area contributed by atoms with Gasteiger partial charge in [0.05, 0.1) is 0 Å². The van der Waals surface area contributed by atoms with E-state index in [1.54, 1.807) is 0 Å². The number of carbonyl (C=O) groups is 1. The highest BCUT2D eigenvalue weighted by Gasteiger charge is 2.34. The molecule has 0 aromatic rings. The first-order valence-corrected chi connectivity index (χ1v) is 3.75. The van der Waals surface area contributed by atoms with E-state index in [2.05, 4.69) is 15.8 Å². The third-order valence-corrected chi connectivity index (χ3v) is 2.17. The van der Waals surface area contributed by atoms with Crippen molar-refractivity contribution in [3.05, 3.63) is 11.4 Å². The van der Waals surface area contributed by atoms with E-state index in [0.29, 0.717) is 5.84 Å². The summed E-state index contributed by atoms with van der Waals surface area (Å²) >= 11 is 0. The summed E-state index contributed by atoms with van der Waals surface area (Å²) in [5.74, 6) is 0.432. The van der Waals surface area contributed by atoms with Gasteiger partial charge in [0, 0.05) is 11.4 Å². The van der Waals surface area contributed by atoms with Gasteiger partial charge in [-0.05, 0) is 13.8 Å². The van der Waals surface area contributed by atoms with Crippen LogP contribution in [0, 0.1) is 0 Å². The van der Waals surface area contributed by atoms with Crippen LogP contribution in [0.1, 0.15) is 13.8 Å². The summed E-state index contributed by atoms with van der Waals surface area (Å²) in [6.07, 6.45) is 0.682. The molecule has 1 unspecified atom stereocenters. The third kappa shape index (κ3) is 0.731. The topological polar surface area (TPSA) is 56.7 Å². The van der Waals surface area contributed by atoms with E-state index in [9.17, 15) is 4.79 Å². The smallest absolute Gasteiger partial charge is 0.196 e. The van der Waals surface area contributed by atoms with Crippen LogP contribution < -0.4 is 10.7 Å². The van der Waals surface area contributed by atoms with E-state index in [1.807, 2.05) is 18.7 Å². The molecule has 2 heterocycles. The molecular formula is C7H10N4O. The first kappa shape index (κ1) is 7.15. The van der Waals surface area contributed by atoms with Crippen LogP contribution in [0.15, 0.2) is 16.5 Å². The Kier molecular flexibility index (Phi) is 1.33. The first-order valence-electron chi connectivity index (χ1n) is 3.75. The zero-order chi connectivity index (χ0) is 8.72. The number of hydrogen-bond donors (Lipinski definition) is 2. The van der Waals surface area contributed by atoms with Crippen molar-refractivity contribution in [2.75, 3.05) is 0 Å². The lowest BCUT2D eigenvalue weighted by Gasteiger charge is -2.17. The number of amidine groups is 1. The lowest BCUT2D eigenvalue weighted by Crippen LogP contribution is -2.42. The average molecular weight is 166 g/mol. The molecule has 0 fully saturated rings. The van der Waals surface area contributed by atoms with Crippen molar-refractivity contribution in [3.8, 4) is 0 Å². The van der Waals surface area contributed by atoms with Crippen molar-refractivity contribution in [3.63, 3.8) is 0 Å². The van der Waals surface area contributed by atoms with E-state index in [4.69, 9.17) is 0 Å². The molecule has 0 aliphatic carbocycles. The molecule has 0 bridgehead atoms. The number of hydrazone groups is 1. The summed E-state index contributed by atoms with van der Waals surface area (Å²) in [6.45, 7) is 3.92. The number of nitrogens with one attached hydrogen (secondary N) is 2. The molecule has 0 aromatic heterocycles. The number of fused-ring (bicyclic) bond motifs is 1. The molecule has 0 saturated carbocycles. The normalized spacial score (nSPS) is 26.3. The average Bonchev–Trinajstić information content (AvgIpc) is 2.55. The summed E-state index contributed by atoms with van der Waals surface area (Å²) in [6, 6.07) is 0. The van der Waals surface area contributed by atoms with Crippen molar-refractivity contribution in [1.82, 2.24) is 15.6 Å². The first-order chi connectivity index (χ1) is 5.74. The Hall–Kier alpha value is -1.52. The van der Waals surface area contributed by atoms with Crippen molar-refractivity contribution >= 4 is 12.1 Å². The monoisotopic (exact) mass is 166 g/mol. The Labute approximate surface area is 70.1 Å². The maximum absolute atomic E-state index is 10.5. The molecule has 1 atom stereocenters. The van der Waals surface area contributed by atoms with Crippen LogP contribution in [0.25, 0.3) is 0 Å². The molecule has 2 N–H and O–H groups in total. The molecule has 0 radical (unpaired) electrons. The van der Waals surface area contributed by atoms with Crippen LogP contribution in [0.5, 0.6) is 0 Å². The van der Waals surface area contributed by atoms with Crippen LogP contribution in [0.4, 0.5) is 0 Å². The van der Waals surface area contributed by atoms with Gasteiger partial charge in [-0.1, -0.05) is 0 Å². The summed E-state index contributed by atoms with van der Waals surface area (Å²) in [7, 11) is 0. The molecule has 0 saturated heterocycles. The molecular weight excluding hydrogens is 156 g/mol. The number of hydrogen-bond acceptors (Lipinski definition) is 5. The SMILES string of the molecule is CC1=C(C)N2C(C=O)=NNC2N1. The highest BCUT2D eigenvalue weighted by atomic mass is 16.1. The van der Waals surface area contributed by atoms with E-state index >= 15 is 0 Å². The maximum atomic E-state index is 10.5. The van der Waals surface area contributed by atoms with Crippen LogP contribution in [-0.2, 0) is 4.79 Å². The Morgan fingerprint density at radius 1 is 1.58 bits per heavy atom. The molecule has 2 aliphatic heterocycles. The standard InChI is InChI=1S/C7H10N4O/c1-4-5(2)11-6(3-12)9-10-7(11)8-4/h3,7-8,10H,1-2H3. The largest absolute Gasteiger partial charge is 0.349 e. The number of nitrogens with zero attached hydrogens (tertiary/aromatic N) is 2. The Balaban J connectivity index is 2.33. The summed E-state index contributed by atoms with van der Waals surface area (Å²) in [5, 5.41) is 7.00. The highest BCUT2D eigenvalue weighted by Crippen LogP contribution is 2.20. The molecule has 0 aromatic carbocycles. The fourth-order valence-electron chi connectivity index (χ4n) is 1.41. The Morgan fingerprint density at radius 2 is 2.33 bits per heavy atom. The minimum atomic E-state index is -0.0646. The fraction of sp³-hybridized carbons (Fsp3) is 0.429. The van der Waals surface area contributed by atoms with Crippen LogP contribution in [-0.4, -0.2) is 23.3 Å². The molecule has 0 spiro atoms. The predicted molar refractivity (Wildman–Crippen MR) is 43.8 cm³/mol. The van der Waals surface area contributed by atoms with E-state index < -0.39 is 0 Å². The molecule has 2 rings (SSSR count). The van der Waals surface area contributed by atoms with Gasteiger partial charge in [0.25, 0.3) is 0 Å². The quantitative estimate of drug-likeness (QED) is 0.518. The Morgan fingerprint density at radius 3 is 3.00 bits per heavy atom. The van der Waals surface area contributed by atoms with Crippen LogP contribution in [0.3, 0.4) is 0 Å². The second-order valence-corrected chi connectivity index (χ2v) is 2.84. The number of carbonyl (C=O) groups excluding carboxylic acids is 1. The minimum absolute atomic E-state index is 0.0646. The second kappa shape index (κ2) is 2.23. The summed E-state index contributed by atoms with van der Waals surface area (Å²) in [5.41, 5.74) is 4.92. The van der Waals surface area contributed by atoms with Gasteiger partial charge >= 0.3 is 0 Å². The van der Waals surface area contributed by atoms with Gasteiger partial charge in [0.15, 0.2) is 18.4 Å². The van der Waals surface area contributed by atoms with Crippen molar-refractivity contribution in [2.45, 2.75) is 20.1 Å². The van der Waals surface area contributed by atoms with Gasteiger partial charge in [-0.2, -0.15) is 5.10 Å². The molecule has 0 amide bonds. The van der Waals surface area contributed by atoms with Crippen molar-refractivity contribution in [1.29, 1.82) is 0 Å². The van der Waals surface area contributed by atoms with E-state index in [0.717, 1.165) is 17.7 Å². The zero-order valence-electron chi connectivity index (χ0n) is 6.96. The number of allylic oxidation sites excluding steroid dienone is 2. The lowest BCUT2D eigenvalue weighted by molar-refractivity contribution is -0.103. The molecule has 2 aliphatic rings. The maximum Gasteiger partial charge on any atom is 0.196 e. The van der Waals surface area contributed by atoms with Gasteiger partial charge < -0.3 is 5.32 Å². The fourth-order valence-corrected chi connectivity index (χ4v) is 1.41. The van der Waals surface area contributed by atoms with Gasteiger partial charge in [0.1, 0.15) is 0 Å². The van der Waals surface area contributed by atoms with Crippen molar-refractivity contribution < 1.29 is 4.79 Å². The lowest BCUT2D eigenvalue weighted by atomic mass is 10.4.